The van der Waals surface area contributed by atoms with Gasteiger partial charge in [-0.15, -0.1) is 0 Å². The maximum absolute atomic E-state index is 10.9. The van der Waals surface area contributed by atoms with Gasteiger partial charge in [-0.25, -0.2) is 0 Å². The lowest BCUT2D eigenvalue weighted by Crippen LogP contribution is -1.91. The lowest BCUT2D eigenvalue weighted by atomic mass is 10.1. The van der Waals surface area contributed by atoms with Gasteiger partial charge < -0.3 is 9.42 Å². The highest BCUT2D eigenvalue weighted by atomic mass is 31.2. The maximum Gasteiger partial charge on any atom is 0.325 e. The highest BCUT2D eigenvalue weighted by Gasteiger charge is 2.08. The van der Waals surface area contributed by atoms with E-state index in [-0.39, 0.29) is 0 Å². The fourth-order valence-electron chi connectivity index (χ4n) is 2.23. The van der Waals surface area contributed by atoms with Crippen LogP contribution in [0.25, 0.3) is 0 Å². The molecule has 0 aliphatic carbocycles. The Labute approximate surface area is 131 Å². The van der Waals surface area contributed by atoms with Gasteiger partial charge in [-0.1, -0.05) is 64.0 Å². The van der Waals surface area contributed by atoms with Crippen molar-refractivity contribution in [1.29, 1.82) is 0 Å². The van der Waals surface area contributed by atoms with Gasteiger partial charge >= 0.3 is 7.60 Å². The lowest BCUT2D eigenvalue weighted by Gasteiger charge is -2.05. The van der Waals surface area contributed by atoms with E-state index in [0.29, 0.717) is 6.61 Å². The summed E-state index contributed by atoms with van der Waals surface area (Å²) in [6.07, 6.45) is 19.5. The van der Waals surface area contributed by atoms with Gasteiger partial charge in [-0.05, 0) is 32.1 Å². The van der Waals surface area contributed by atoms with Gasteiger partial charge in [-0.3, -0.25) is 4.57 Å². The summed E-state index contributed by atoms with van der Waals surface area (Å²) in [6, 6.07) is 0. The monoisotopic (exact) mass is 318 g/mol. The van der Waals surface area contributed by atoms with E-state index in [1.807, 2.05) is 0 Å². The van der Waals surface area contributed by atoms with Gasteiger partial charge in [0.25, 0.3) is 0 Å². The van der Waals surface area contributed by atoms with Crippen LogP contribution in [0.15, 0.2) is 12.2 Å². The van der Waals surface area contributed by atoms with E-state index in [0.717, 1.165) is 19.3 Å². The second kappa shape index (κ2) is 14.8. The van der Waals surface area contributed by atoms with E-state index in [1.165, 1.54) is 64.5 Å². The summed E-state index contributed by atoms with van der Waals surface area (Å²) < 4.78 is 15.7. The molecule has 1 unspecified atom stereocenters. The quantitative estimate of drug-likeness (QED) is 0.226. The summed E-state index contributed by atoms with van der Waals surface area (Å²) in [5.41, 5.74) is 0. The lowest BCUT2D eigenvalue weighted by molar-refractivity contribution is 0.257. The van der Waals surface area contributed by atoms with E-state index in [9.17, 15) is 4.57 Å². The molecule has 0 aromatic heterocycles. The number of hydrogen-bond donors (Lipinski definition) is 1. The predicted molar refractivity (Wildman–Crippen MR) is 91.9 cm³/mol. The highest BCUT2D eigenvalue weighted by Crippen LogP contribution is 2.36. The maximum atomic E-state index is 10.9. The highest BCUT2D eigenvalue weighted by molar-refractivity contribution is 7.51. The fraction of sp³-hybridized carbons (Fsp3) is 0.882. The van der Waals surface area contributed by atoms with Gasteiger partial charge in [0.2, 0.25) is 0 Å². The van der Waals surface area contributed by atoms with Crippen molar-refractivity contribution in [2.75, 3.05) is 13.3 Å². The van der Waals surface area contributed by atoms with Gasteiger partial charge in [0.15, 0.2) is 0 Å². The minimum atomic E-state index is -3.26. The summed E-state index contributed by atoms with van der Waals surface area (Å²) in [4.78, 5) is 8.95. The molecule has 0 aliphatic rings. The van der Waals surface area contributed by atoms with Crippen LogP contribution in [0.4, 0.5) is 0 Å². The molecule has 0 amide bonds. The zero-order chi connectivity index (χ0) is 15.8. The first-order chi connectivity index (χ1) is 10.1. The molecule has 0 aromatic rings. The SMILES string of the molecule is CCCCCCCC/C=C\CCCCCCOP(C)(=O)O. The molecule has 21 heavy (non-hydrogen) atoms. The molecular weight excluding hydrogens is 283 g/mol. The van der Waals surface area contributed by atoms with Crippen molar-refractivity contribution in [1.82, 2.24) is 0 Å². The average Bonchev–Trinajstić information content (AvgIpc) is 2.42. The molecule has 0 rings (SSSR count). The molecule has 1 N–H and O–H groups in total. The minimum Gasteiger partial charge on any atom is -0.324 e. The zero-order valence-corrected chi connectivity index (χ0v) is 15.0. The van der Waals surface area contributed by atoms with Crippen LogP contribution in [0.5, 0.6) is 0 Å². The number of hydrogen-bond acceptors (Lipinski definition) is 2. The molecule has 1 atom stereocenters. The zero-order valence-electron chi connectivity index (χ0n) is 14.1. The van der Waals surface area contributed by atoms with Gasteiger partial charge in [0.05, 0.1) is 6.61 Å². The van der Waals surface area contributed by atoms with Crippen LogP contribution in [0.3, 0.4) is 0 Å². The number of rotatable bonds is 15. The Bertz CT molecular complexity index is 284. The van der Waals surface area contributed by atoms with E-state index >= 15 is 0 Å². The Kier molecular flexibility index (Phi) is 14.7. The fourth-order valence-corrected chi connectivity index (χ4v) is 2.70. The molecule has 126 valence electrons. The third-order valence-electron chi connectivity index (χ3n) is 3.49. The Morgan fingerprint density at radius 3 is 1.86 bits per heavy atom. The molecule has 0 aliphatic heterocycles. The van der Waals surface area contributed by atoms with Crippen LogP contribution in [0.2, 0.25) is 0 Å². The molecule has 0 spiro atoms. The van der Waals surface area contributed by atoms with Crippen molar-refractivity contribution in [3.63, 3.8) is 0 Å². The topological polar surface area (TPSA) is 46.5 Å². The van der Waals surface area contributed by atoms with Crippen molar-refractivity contribution < 1.29 is 14.0 Å². The third-order valence-corrected chi connectivity index (χ3v) is 4.15. The third kappa shape index (κ3) is 19.9. The average molecular weight is 318 g/mol. The van der Waals surface area contributed by atoms with Crippen molar-refractivity contribution >= 4 is 7.60 Å². The van der Waals surface area contributed by atoms with Crippen LogP contribution < -0.4 is 0 Å². The molecule has 0 fully saturated rings. The van der Waals surface area contributed by atoms with Crippen molar-refractivity contribution in [2.24, 2.45) is 0 Å². The molecule has 3 nitrogen and oxygen atoms in total. The van der Waals surface area contributed by atoms with Crippen LogP contribution in [-0.4, -0.2) is 18.2 Å². The van der Waals surface area contributed by atoms with Crippen molar-refractivity contribution in [3.8, 4) is 0 Å². The smallest absolute Gasteiger partial charge is 0.324 e. The Hall–Kier alpha value is -0.110. The normalized spacial score (nSPS) is 14.6. The Morgan fingerprint density at radius 1 is 0.857 bits per heavy atom. The summed E-state index contributed by atoms with van der Waals surface area (Å²) in [5.74, 6) is 0. The van der Waals surface area contributed by atoms with Crippen LogP contribution >= 0.6 is 7.60 Å². The summed E-state index contributed by atoms with van der Waals surface area (Å²) in [5, 5.41) is 0. The summed E-state index contributed by atoms with van der Waals surface area (Å²) in [6.45, 7) is 3.89. The van der Waals surface area contributed by atoms with Gasteiger partial charge in [0, 0.05) is 6.66 Å². The Balaban J connectivity index is 3.14. The Morgan fingerprint density at radius 2 is 1.33 bits per heavy atom. The minimum absolute atomic E-state index is 0.401. The predicted octanol–water partition coefficient (Wildman–Crippen LogP) is 6.08. The molecule has 0 bridgehead atoms. The number of allylic oxidation sites excluding steroid dienone is 2. The molecule has 0 aromatic carbocycles. The second-order valence-electron chi connectivity index (χ2n) is 5.87. The first kappa shape index (κ1) is 20.9. The summed E-state index contributed by atoms with van der Waals surface area (Å²) in [7, 11) is -3.26. The van der Waals surface area contributed by atoms with E-state index < -0.39 is 7.60 Å². The molecule has 0 saturated carbocycles. The molecular formula is C17H35O3P. The first-order valence-electron chi connectivity index (χ1n) is 8.66. The standard InChI is InChI=1S/C17H35O3P/c1-3-4-5-6-7-8-9-10-11-12-13-14-15-16-17-20-21(2,18)19/h10-11H,3-9,12-17H2,1-2H3,(H,18,19)/b11-10-. The van der Waals surface area contributed by atoms with Crippen molar-refractivity contribution in [3.05, 3.63) is 12.2 Å². The first-order valence-corrected chi connectivity index (χ1v) is 10.7. The van der Waals surface area contributed by atoms with Gasteiger partial charge in [0.1, 0.15) is 0 Å². The largest absolute Gasteiger partial charge is 0.325 e. The molecule has 0 radical (unpaired) electrons. The molecule has 0 heterocycles. The van der Waals surface area contributed by atoms with Gasteiger partial charge in [-0.2, -0.15) is 0 Å². The van der Waals surface area contributed by atoms with E-state index in [4.69, 9.17) is 9.42 Å². The van der Waals surface area contributed by atoms with E-state index in [1.54, 1.807) is 0 Å². The van der Waals surface area contributed by atoms with Crippen LogP contribution in [-0.2, 0) is 9.09 Å². The second-order valence-corrected chi connectivity index (χ2v) is 7.73. The number of unbranched alkanes of at least 4 members (excludes halogenated alkanes) is 10. The molecule has 0 saturated heterocycles. The summed E-state index contributed by atoms with van der Waals surface area (Å²) >= 11 is 0. The van der Waals surface area contributed by atoms with Crippen molar-refractivity contribution in [2.45, 2.75) is 84.0 Å². The van der Waals surface area contributed by atoms with Crippen LogP contribution in [0.1, 0.15) is 84.0 Å². The van der Waals surface area contributed by atoms with E-state index in [2.05, 4.69) is 19.1 Å². The molecule has 4 heteroatoms. The van der Waals surface area contributed by atoms with Crippen LogP contribution in [0, 0.1) is 0 Å².